The Bertz CT molecular complexity index is 131. The summed E-state index contributed by atoms with van der Waals surface area (Å²) in [5.41, 5.74) is 0. The van der Waals surface area contributed by atoms with Gasteiger partial charge in [0.05, 0.1) is 0 Å². The molecule has 0 unspecified atom stereocenters. The molecule has 0 aromatic rings. The minimum Gasteiger partial charge on any atom is -0.264 e. The van der Waals surface area contributed by atoms with E-state index in [0.29, 0.717) is 0 Å². The topological polar surface area (TPSA) is 74.6 Å². The molecule has 6 heteroatoms. The molecule has 0 aromatic heterocycles. The molecule has 0 bridgehead atoms. The van der Waals surface area contributed by atoms with Gasteiger partial charge in [-0.3, -0.25) is 9.11 Å². The van der Waals surface area contributed by atoms with Crippen LogP contribution in [0.1, 0.15) is 19.8 Å². The van der Waals surface area contributed by atoms with Crippen LogP contribution in [0.15, 0.2) is 0 Å². The quantitative estimate of drug-likeness (QED) is 0.482. The molecule has 0 saturated carbocycles. The Hall–Kier alpha value is 0.870. The smallest absolute Gasteiger partial charge is 0.264 e. The molecule has 0 saturated heterocycles. The zero-order valence-corrected chi connectivity index (χ0v) is 9.06. The molecule has 4 nitrogen and oxygen atoms in total. The molecule has 0 radical (unpaired) electrons. The van der Waals surface area contributed by atoms with Crippen LogP contribution in [-0.2, 0) is 10.4 Å². The molecule has 0 aliphatic carbocycles. The average molecular weight is 178 g/mol. The van der Waals surface area contributed by atoms with Crippen molar-refractivity contribution in [3.63, 3.8) is 0 Å². The van der Waals surface area contributed by atoms with Crippen LogP contribution in [-0.4, -0.2) is 45.5 Å². The maximum Gasteiger partial charge on any atom is 0.394 e. The van der Waals surface area contributed by atoms with Gasteiger partial charge in [-0.15, -0.1) is 0 Å². The third-order valence-electron chi connectivity index (χ3n) is 0.707. The van der Waals surface area contributed by atoms with Crippen molar-refractivity contribution in [3.8, 4) is 0 Å². The second kappa shape index (κ2) is 7.97. The van der Waals surface area contributed by atoms with Crippen molar-refractivity contribution < 1.29 is 17.5 Å². The van der Waals surface area contributed by atoms with E-state index in [0.717, 1.165) is 0 Å². The van der Waals surface area contributed by atoms with Crippen LogP contribution in [0.5, 0.6) is 0 Å². The summed E-state index contributed by atoms with van der Waals surface area (Å²) in [4.78, 5) is 0. The van der Waals surface area contributed by atoms with Crippen molar-refractivity contribution in [2.75, 3.05) is 0 Å². The first-order valence-corrected chi connectivity index (χ1v) is 5.92. The monoisotopic (exact) mass is 178 g/mol. The van der Waals surface area contributed by atoms with Gasteiger partial charge in [0.1, 0.15) is 0 Å². The molecule has 0 rings (SSSR count). The van der Waals surface area contributed by atoms with Crippen molar-refractivity contribution in [1.29, 1.82) is 0 Å². The molecule has 0 atom stereocenters. The summed E-state index contributed by atoms with van der Waals surface area (Å²) >= 11 is 1.40. The van der Waals surface area contributed by atoms with Gasteiger partial charge >= 0.3 is 61.8 Å². The molecule has 0 aliphatic heterocycles. The number of unbranched alkanes of at least 4 members (excludes halogenated alkanes) is 1. The van der Waals surface area contributed by atoms with Crippen molar-refractivity contribution in [3.05, 3.63) is 0 Å². The molecule has 58 valence electrons. The van der Waals surface area contributed by atoms with Crippen LogP contribution in [0.4, 0.5) is 0 Å². The van der Waals surface area contributed by atoms with Gasteiger partial charge in [-0.1, -0.05) is 0 Å². The Morgan fingerprint density at radius 1 is 1.40 bits per heavy atom. The maximum absolute atomic E-state index is 8.74. The molecule has 0 amide bonds. The molecule has 0 aromatic carbocycles. The van der Waals surface area contributed by atoms with Gasteiger partial charge in [-0.2, -0.15) is 8.42 Å². The predicted molar refractivity (Wildman–Crippen MR) is 39.6 cm³/mol. The SMILES string of the molecule is CCC[CH2][Na].O=S(=O)(O)O. The Balaban J connectivity index is 0. The largest absolute Gasteiger partial charge is 0.394 e. The van der Waals surface area contributed by atoms with Crippen LogP contribution in [0.2, 0.25) is 3.67 Å². The molecule has 2 N–H and O–H groups in total. The van der Waals surface area contributed by atoms with E-state index < -0.39 is 10.4 Å². The third-order valence-corrected chi connectivity index (χ3v) is 1.41. The summed E-state index contributed by atoms with van der Waals surface area (Å²) in [5, 5.41) is 0. The van der Waals surface area contributed by atoms with E-state index in [1.54, 1.807) is 0 Å². The average Bonchev–Trinajstić information content (AvgIpc) is 1.63. The van der Waals surface area contributed by atoms with Gasteiger partial charge in [0.2, 0.25) is 0 Å². The number of hydrogen-bond acceptors (Lipinski definition) is 2. The standard InChI is InChI=1S/C4H9.Na.H2O4S/c1-3-4-2;;1-5(2,3)4/h1,3-4H2,2H3;;(H2,1,2,3,4). The van der Waals surface area contributed by atoms with Crippen molar-refractivity contribution in [1.82, 2.24) is 0 Å². The first kappa shape index (κ1) is 13.5. The molecule has 0 fully saturated rings. The number of hydrogen-bond donors (Lipinski definition) is 2. The van der Waals surface area contributed by atoms with Crippen LogP contribution in [0, 0.1) is 0 Å². The molecular weight excluding hydrogens is 167 g/mol. The van der Waals surface area contributed by atoms with Crippen LogP contribution in [0.3, 0.4) is 0 Å². The molecular formula is C4H11NaO4S. The fourth-order valence-corrected chi connectivity index (χ4v) is 1.06. The first-order valence-electron chi connectivity index (χ1n) is 3.11. The van der Waals surface area contributed by atoms with E-state index >= 15 is 0 Å². The zero-order chi connectivity index (χ0) is 8.62. The van der Waals surface area contributed by atoms with Gasteiger partial charge in [0.15, 0.2) is 0 Å². The van der Waals surface area contributed by atoms with E-state index in [1.165, 1.54) is 44.4 Å². The molecule has 10 heavy (non-hydrogen) atoms. The summed E-state index contributed by atoms with van der Waals surface area (Å²) in [6.07, 6.45) is 2.83. The van der Waals surface area contributed by atoms with E-state index in [9.17, 15) is 0 Å². The normalized spacial score (nSPS) is 10.1. The summed E-state index contributed by atoms with van der Waals surface area (Å²) < 4.78 is 33.1. The van der Waals surface area contributed by atoms with Crippen molar-refractivity contribution in [2.24, 2.45) is 0 Å². The zero-order valence-electron chi connectivity index (χ0n) is 6.24. The van der Waals surface area contributed by atoms with E-state index in [1.807, 2.05) is 0 Å². The van der Waals surface area contributed by atoms with E-state index in [2.05, 4.69) is 6.92 Å². The van der Waals surface area contributed by atoms with E-state index in [-0.39, 0.29) is 0 Å². The molecule has 0 heterocycles. The second-order valence-electron chi connectivity index (χ2n) is 1.80. The second-order valence-corrected chi connectivity index (χ2v) is 3.70. The van der Waals surface area contributed by atoms with Gasteiger partial charge in [-0.25, -0.2) is 0 Å². The summed E-state index contributed by atoms with van der Waals surface area (Å²) in [7, 11) is -4.67. The van der Waals surface area contributed by atoms with Crippen molar-refractivity contribution in [2.45, 2.75) is 23.4 Å². The Morgan fingerprint density at radius 2 is 1.70 bits per heavy atom. The Morgan fingerprint density at radius 3 is 1.70 bits per heavy atom. The Labute approximate surface area is 79.0 Å². The number of rotatable bonds is 2. The maximum atomic E-state index is 8.74. The van der Waals surface area contributed by atoms with Crippen molar-refractivity contribution >= 4 is 38.3 Å². The molecule has 0 spiro atoms. The summed E-state index contributed by atoms with van der Waals surface area (Å²) in [5.74, 6) is 0. The predicted octanol–water partition coefficient (Wildman–Crippen LogP) is 0.720. The minimum absolute atomic E-state index is 1.38. The summed E-state index contributed by atoms with van der Waals surface area (Å²) in [6.45, 7) is 2.23. The Kier molecular flexibility index (Phi) is 10.7. The first-order chi connectivity index (χ1) is 4.41. The fourth-order valence-electron chi connectivity index (χ4n) is 0.354. The fraction of sp³-hybridized carbons (Fsp3) is 1.00. The molecule has 0 aliphatic rings. The van der Waals surface area contributed by atoms with Gasteiger partial charge in [0, 0.05) is 0 Å². The van der Waals surface area contributed by atoms with Gasteiger partial charge in [0.25, 0.3) is 0 Å². The van der Waals surface area contributed by atoms with Gasteiger partial charge < -0.3 is 0 Å². The third kappa shape index (κ3) is 66.7. The van der Waals surface area contributed by atoms with Gasteiger partial charge in [-0.05, 0) is 0 Å². The van der Waals surface area contributed by atoms with Crippen LogP contribution in [0.25, 0.3) is 0 Å². The van der Waals surface area contributed by atoms with Crippen LogP contribution < -0.4 is 0 Å². The minimum atomic E-state index is -4.67. The van der Waals surface area contributed by atoms with Crippen LogP contribution >= 0.6 is 0 Å². The van der Waals surface area contributed by atoms with E-state index in [4.69, 9.17) is 17.5 Å². The summed E-state index contributed by atoms with van der Waals surface area (Å²) in [6, 6.07) is 0.